The van der Waals surface area contributed by atoms with Gasteiger partial charge >= 0.3 is 0 Å². The van der Waals surface area contributed by atoms with Crippen molar-refractivity contribution >= 4 is 21.6 Å². The van der Waals surface area contributed by atoms with Crippen molar-refractivity contribution in [1.82, 2.24) is 9.97 Å². The Morgan fingerprint density at radius 2 is 2.25 bits per heavy atom. The second-order valence-corrected chi connectivity index (χ2v) is 3.63. The van der Waals surface area contributed by atoms with Gasteiger partial charge in [0, 0.05) is 6.42 Å². The fourth-order valence-electron chi connectivity index (χ4n) is 1.23. The van der Waals surface area contributed by atoms with Gasteiger partial charge in [0.2, 0.25) is 0 Å². The maximum absolute atomic E-state index is 4.41. The van der Waals surface area contributed by atoms with E-state index >= 15 is 0 Å². The fourth-order valence-corrected chi connectivity index (χ4v) is 2.01. The summed E-state index contributed by atoms with van der Waals surface area (Å²) < 4.78 is 1.22. The van der Waals surface area contributed by atoms with E-state index < -0.39 is 0 Å². The first-order chi connectivity index (χ1) is 5.81. The zero-order valence-electron chi connectivity index (χ0n) is 7.16. The molecule has 0 aromatic carbocycles. The van der Waals surface area contributed by atoms with Gasteiger partial charge in [-0.25, -0.2) is 9.97 Å². The maximum Gasteiger partial charge on any atom is 0.129 e. The Kier molecular flexibility index (Phi) is 1.81. The number of fused-ring (bicyclic) bond motifs is 1. The van der Waals surface area contributed by atoms with E-state index in [1.165, 1.54) is 4.70 Å². The molecule has 62 valence electrons. The lowest BCUT2D eigenvalue weighted by molar-refractivity contribution is 0.944. The van der Waals surface area contributed by atoms with Crippen LogP contribution in [0.2, 0.25) is 0 Å². The van der Waals surface area contributed by atoms with Crippen LogP contribution in [0, 0.1) is 6.92 Å². The summed E-state index contributed by atoms with van der Waals surface area (Å²) in [6, 6.07) is 2.05. The Hall–Kier alpha value is -0.960. The highest BCUT2D eigenvalue weighted by molar-refractivity contribution is 7.17. The van der Waals surface area contributed by atoms with Crippen molar-refractivity contribution in [2.75, 3.05) is 0 Å². The molecule has 0 bridgehead atoms. The molecule has 0 fully saturated rings. The number of hydrogen-bond acceptors (Lipinski definition) is 3. The molecular weight excluding hydrogens is 168 g/mol. The molecule has 0 aliphatic heterocycles. The molecule has 2 aromatic heterocycles. The van der Waals surface area contributed by atoms with E-state index in [4.69, 9.17) is 0 Å². The smallest absolute Gasteiger partial charge is 0.129 e. The van der Waals surface area contributed by atoms with Crippen molar-refractivity contribution in [2.24, 2.45) is 0 Å². The number of aryl methyl sites for hydroxylation is 2. The fraction of sp³-hybridized carbons (Fsp3) is 0.333. The number of aromatic nitrogens is 2. The molecule has 0 radical (unpaired) electrons. The van der Waals surface area contributed by atoms with Gasteiger partial charge in [-0.1, -0.05) is 6.92 Å². The molecule has 0 saturated carbocycles. The minimum atomic E-state index is 0.909. The second-order valence-electron chi connectivity index (χ2n) is 2.71. The summed E-state index contributed by atoms with van der Waals surface area (Å²) in [7, 11) is 0. The van der Waals surface area contributed by atoms with E-state index in [0.717, 1.165) is 23.5 Å². The van der Waals surface area contributed by atoms with Crippen molar-refractivity contribution in [3.63, 3.8) is 0 Å². The first kappa shape index (κ1) is 7.68. The lowest BCUT2D eigenvalue weighted by Crippen LogP contribution is -1.94. The van der Waals surface area contributed by atoms with Gasteiger partial charge in [0.25, 0.3) is 0 Å². The van der Waals surface area contributed by atoms with Crippen molar-refractivity contribution in [3.05, 3.63) is 23.0 Å². The molecule has 12 heavy (non-hydrogen) atoms. The molecule has 2 aromatic rings. The van der Waals surface area contributed by atoms with Crippen LogP contribution in [0.3, 0.4) is 0 Å². The van der Waals surface area contributed by atoms with Crippen molar-refractivity contribution in [2.45, 2.75) is 20.3 Å². The Morgan fingerprint density at radius 3 is 3.00 bits per heavy atom. The lowest BCUT2D eigenvalue weighted by Gasteiger charge is -1.98. The zero-order valence-corrected chi connectivity index (χ0v) is 7.98. The van der Waals surface area contributed by atoms with Crippen molar-refractivity contribution in [1.29, 1.82) is 0 Å². The SMILES string of the molecule is CCc1nc(C)c2sccc2n1. The monoisotopic (exact) mass is 178 g/mol. The summed E-state index contributed by atoms with van der Waals surface area (Å²) in [6.07, 6.45) is 0.909. The Labute approximate surface area is 75.3 Å². The minimum Gasteiger partial charge on any atom is -0.237 e. The molecular formula is C9H10N2S. The predicted molar refractivity (Wildman–Crippen MR) is 51.5 cm³/mol. The van der Waals surface area contributed by atoms with Crippen LogP contribution in [0.4, 0.5) is 0 Å². The van der Waals surface area contributed by atoms with Crippen LogP contribution in [-0.4, -0.2) is 9.97 Å². The highest BCUT2D eigenvalue weighted by Gasteiger charge is 2.02. The zero-order chi connectivity index (χ0) is 8.55. The number of rotatable bonds is 1. The van der Waals surface area contributed by atoms with Gasteiger partial charge in [-0.15, -0.1) is 11.3 Å². The molecule has 0 amide bonds. The van der Waals surface area contributed by atoms with E-state index in [-0.39, 0.29) is 0 Å². The third kappa shape index (κ3) is 1.10. The molecule has 0 aliphatic carbocycles. The van der Waals surface area contributed by atoms with Crippen LogP contribution in [0.5, 0.6) is 0 Å². The highest BCUT2D eigenvalue weighted by Crippen LogP contribution is 2.21. The molecule has 2 rings (SSSR count). The molecule has 0 unspecified atom stereocenters. The molecule has 0 spiro atoms. The predicted octanol–water partition coefficient (Wildman–Crippen LogP) is 2.56. The Balaban J connectivity index is 2.75. The average Bonchev–Trinajstić information content (AvgIpc) is 2.52. The van der Waals surface area contributed by atoms with Gasteiger partial charge in [-0.2, -0.15) is 0 Å². The largest absolute Gasteiger partial charge is 0.237 e. The van der Waals surface area contributed by atoms with Crippen LogP contribution in [0.25, 0.3) is 10.2 Å². The number of thiophene rings is 1. The van der Waals surface area contributed by atoms with Crippen LogP contribution in [-0.2, 0) is 6.42 Å². The summed E-state index contributed by atoms with van der Waals surface area (Å²) in [5.74, 6) is 0.943. The van der Waals surface area contributed by atoms with Crippen molar-refractivity contribution in [3.8, 4) is 0 Å². The van der Waals surface area contributed by atoms with Gasteiger partial charge in [0.15, 0.2) is 0 Å². The Bertz CT molecular complexity index is 406. The van der Waals surface area contributed by atoms with Gasteiger partial charge in [-0.05, 0) is 18.4 Å². The maximum atomic E-state index is 4.41. The van der Waals surface area contributed by atoms with E-state index in [1.54, 1.807) is 11.3 Å². The van der Waals surface area contributed by atoms with Gasteiger partial charge in [0.1, 0.15) is 5.82 Å². The summed E-state index contributed by atoms with van der Waals surface area (Å²) in [6.45, 7) is 4.12. The van der Waals surface area contributed by atoms with Gasteiger partial charge in [0.05, 0.1) is 15.9 Å². The van der Waals surface area contributed by atoms with Crippen LogP contribution in [0.15, 0.2) is 11.4 Å². The quantitative estimate of drug-likeness (QED) is 0.670. The summed E-state index contributed by atoms with van der Waals surface area (Å²) in [5, 5.41) is 2.06. The van der Waals surface area contributed by atoms with Crippen molar-refractivity contribution < 1.29 is 0 Å². The van der Waals surface area contributed by atoms with Crippen LogP contribution < -0.4 is 0 Å². The average molecular weight is 178 g/mol. The third-order valence-corrected chi connectivity index (χ3v) is 2.85. The first-order valence-electron chi connectivity index (χ1n) is 4.02. The first-order valence-corrected chi connectivity index (χ1v) is 4.90. The topological polar surface area (TPSA) is 25.8 Å². The normalized spacial score (nSPS) is 10.8. The second kappa shape index (κ2) is 2.83. The standard InChI is InChI=1S/C9H10N2S/c1-3-8-10-6(2)9-7(11-8)4-5-12-9/h4-5H,3H2,1-2H3. The molecule has 2 heterocycles. The third-order valence-electron chi connectivity index (χ3n) is 1.84. The van der Waals surface area contributed by atoms with Crippen LogP contribution in [0.1, 0.15) is 18.4 Å². The lowest BCUT2D eigenvalue weighted by atomic mass is 10.3. The summed E-state index contributed by atoms with van der Waals surface area (Å²) in [4.78, 5) is 8.81. The molecule has 0 atom stereocenters. The Morgan fingerprint density at radius 1 is 1.42 bits per heavy atom. The van der Waals surface area contributed by atoms with Crippen LogP contribution >= 0.6 is 11.3 Å². The van der Waals surface area contributed by atoms with Gasteiger partial charge in [-0.3, -0.25) is 0 Å². The van der Waals surface area contributed by atoms with E-state index in [0.29, 0.717) is 0 Å². The number of nitrogens with zero attached hydrogens (tertiary/aromatic N) is 2. The summed E-state index contributed by atoms with van der Waals surface area (Å²) >= 11 is 1.71. The molecule has 3 heteroatoms. The summed E-state index contributed by atoms with van der Waals surface area (Å²) in [5.41, 5.74) is 2.19. The van der Waals surface area contributed by atoms with E-state index in [1.807, 2.05) is 13.0 Å². The molecule has 0 N–H and O–H groups in total. The number of hydrogen-bond donors (Lipinski definition) is 0. The van der Waals surface area contributed by atoms with E-state index in [9.17, 15) is 0 Å². The highest BCUT2D eigenvalue weighted by atomic mass is 32.1. The van der Waals surface area contributed by atoms with Gasteiger partial charge < -0.3 is 0 Å². The minimum absolute atomic E-state index is 0.909. The molecule has 0 saturated heterocycles. The molecule has 0 aliphatic rings. The molecule has 2 nitrogen and oxygen atoms in total. The van der Waals surface area contributed by atoms with E-state index in [2.05, 4.69) is 22.3 Å².